The molecule has 0 fully saturated rings. The molecule has 2 unspecified atom stereocenters. The van der Waals surface area contributed by atoms with Gasteiger partial charge in [0.2, 0.25) is 0 Å². The van der Waals surface area contributed by atoms with Crippen LogP contribution in [-0.4, -0.2) is 6.04 Å². The van der Waals surface area contributed by atoms with Crippen molar-refractivity contribution in [1.82, 2.24) is 0 Å². The summed E-state index contributed by atoms with van der Waals surface area (Å²) in [6.07, 6.45) is 7.81. The SMILES string of the molecule is NC1C=CC=CC1(N)c1cccc(-c2ccccc2)c1. The summed E-state index contributed by atoms with van der Waals surface area (Å²) in [5, 5.41) is 0. The zero-order valence-electron chi connectivity index (χ0n) is 11.2. The molecule has 4 N–H and O–H groups in total. The Kier molecular flexibility index (Phi) is 3.26. The topological polar surface area (TPSA) is 52.0 Å². The summed E-state index contributed by atoms with van der Waals surface area (Å²) in [7, 11) is 0. The Morgan fingerprint density at radius 2 is 1.60 bits per heavy atom. The molecule has 0 aliphatic heterocycles. The van der Waals surface area contributed by atoms with Gasteiger partial charge in [0.25, 0.3) is 0 Å². The van der Waals surface area contributed by atoms with E-state index in [-0.39, 0.29) is 6.04 Å². The summed E-state index contributed by atoms with van der Waals surface area (Å²) >= 11 is 0. The lowest BCUT2D eigenvalue weighted by Crippen LogP contribution is -2.50. The maximum Gasteiger partial charge on any atom is 0.0788 e. The molecule has 0 bridgehead atoms. The molecule has 2 heteroatoms. The molecule has 0 aromatic heterocycles. The van der Waals surface area contributed by atoms with Gasteiger partial charge in [-0.15, -0.1) is 0 Å². The summed E-state index contributed by atoms with van der Waals surface area (Å²) in [6.45, 7) is 0. The molecular weight excluding hydrogens is 244 g/mol. The first-order valence-electron chi connectivity index (χ1n) is 6.76. The van der Waals surface area contributed by atoms with E-state index in [1.807, 2.05) is 54.6 Å². The lowest BCUT2D eigenvalue weighted by atomic mass is 9.80. The molecule has 2 aromatic rings. The van der Waals surface area contributed by atoms with Gasteiger partial charge >= 0.3 is 0 Å². The van der Waals surface area contributed by atoms with Crippen molar-refractivity contribution < 1.29 is 0 Å². The highest BCUT2D eigenvalue weighted by atomic mass is 14.8. The average Bonchev–Trinajstić information content (AvgIpc) is 2.51. The molecule has 0 saturated heterocycles. The number of allylic oxidation sites excluding steroid dienone is 2. The summed E-state index contributed by atoms with van der Waals surface area (Å²) in [4.78, 5) is 0. The van der Waals surface area contributed by atoms with Gasteiger partial charge < -0.3 is 11.5 Å². The molecule has 0 amide bonds. The minimum absolute atomic E-state index is 0.210. The van der Waals surface area contributed by atoms with Gasteiger partial charge in [0, 0.05) is 6.04 Å². The minimum atomic E-state index is -0.639. The van der Waals surface area contributed by atoms with E-state index >= 15 is 0 Å². The minimum Gasteiger partial charge on any atom is -0.322 e. The van der Waals surface area contributed by atoms with Crippen LogP contribution >= 0.6 is 0 Å². The van der Waals surface area contributed by atoms with Gasteiger partial charge in [-0.2, -0.15) is 0 Å². The highest BCUT2D eigenvalue weighted by Crippen LogP contribution is 2.29. The van der Waals surface area contributed by atoms with E-state index in [2.05, 4.69) is 24.3 Å². The zero-order valence-corrected chi connectivity index (χ0v) is 11.2. The Labute approximate surface area is 119 Å². The van der Waals surface area contributed by atoms with Crippen molar-refractivity contribution in [2.75, 3.05) is 0 Å². The first-order chi connectivity index (χ1) is 9.70. The molecule has 100 valence electrons. The monoisotopic (exact) mass is 262 g/mol. The van der Waals surface area contributed by atoms with Crippen LogP contribution in [-0.2, 0) is 5.54 Å². The molecule has 2 aromatic carbocycles. The highest BCUT2D eigenvalue weighted by molar-refractivity contribution is 5.64. The Morgan fingerprint density at radius 1 is 0.850 bits per heavy atom. The zero-order chi connectivity index (χ0) is 14.0. The van der Waals surface area contributed by atoms with E-state index in [0.29, 0.717) is 0 Å². The summed E-state index contributed by atoms with van der Waals surface area (Å²) < 4.78 is 0. The average molecular weight is 262 g/mol. The lowest BCUT2D eigenvalue weighted by Gasteiger charge is -2.33. The molecule has 0 heterocycles. The fourth-order valence-corrected chi connectivity index (χ4v) is 2.56. The first kappa shape index (κ1) is 12.9. The number of rotatable bonds is 2. The molecule has 0 spiro atoms. The molecule has 1 aliphatic rings. The Bertz CT molecular complexity index is 658. The smallest absolute Gasteiger partial charge is 0.0788 e. The van der Waals surface area contributed by atoms with Crippen LogP contribution in [0.2, 0.25) is 0 Å². The van der Waals surface area contributed by atoms with Crippen LogP contribution in [0, 0.1) is 0 Å². The van der Waals surface area contributed by atoms with Crippen LogP contribution in [0.1, 0.15) is 5.56 Å². The summed E-state index contributed by atoms with van der Waals surface area (Å²) in [5.41, 5.74) is 15.4. The van der Waals surface area contributed by atoms with Gasteiger partial charge in [0.15, 0.2) is 0 Å². The van der Waals surface area contributed by atoms with Crippen LogP contribution in [0.15, 0.2) is 78.9 Å². The highest BCUT2D eigenvalue weighted by Gasteiger charge is 2.31. The van der Waals surface area contributed by atoms with E-state index < -0.39 is 5.54 Å². The predicted octanol–water partition coefficient (Wildman–Crippen LogP) is 2.96. The largest absolute Gasteiger partial charge is 0.322 e. The van der Waals surface area contributed by atoms with Crippen LogP contribution in [0.3, 0.4) is 0 Å². The molecule has 2 nitrogen and oxygen atoms in total. The second-order valence-corrected chi connectivity index (χ2v) is 5.15. The van der Waals surface area contributed by atoms with Crippen LogP contribution in [0.5, 0.6) is 0 Å². The number of hydrogen-bond acceptors (Lipinski definition) is 2. The second-order valence-electron chi connectivity index (χ2n) is 5.15. The van der Waals surface area contributed by atoms with Crippen LogP contribution in [0.25, 0.3) is 11.1 Å². The maximum atomic E-state index is 6.51. The van der Waals surface area contributed by atoms with Gasteiger partial charge in [-0.3, -0.25) is 0 Å². The van der Waals surface area contributed by atoms with Crippen LogP contribution < -0.4 is 11.5 Å². The summed E-state index contributed by atoms with van der Waals surface area (Å²) in [5.74, 6) is 0. The van der Waals surface area contributed by atoms with E-state index in [4.69, 9.17) is 11.5 Å². The van der Waals surface area contributed by atoms with Gasteiger partial charge in [-0.05, 0) is 22.8 Å². The normalized spacial score (nSPS) is 24.8. The van der Waals surface area contributed by atoms with Crippen molar-refractivity contribution in [3.63, 3.8) is 0 Å². The van der Waals surface area contributed by atoms with Crippen molar-refractivity contribution in [3.05, 3.63) is 84.5 Å². The van der Waals surface area contributed by atoms with Crippen LogP contribution in [0.4, 0.5) is 0 Å². The fraction of sp³-hybridized carbons (Fsp3) is 0.111. The number of benzene rings is 2. The maximum absolute atomic E-state index is 6.51. The summed E-state index contributed by atoms with van der Waals surface area (Å²) in [6, 6.07) is 18.4. The van der Waals surface area contributed by atoms with Crippen molar-refractivity contribution in [2.45, 2.75) is 11.6 Å². The Balaban J connectivity index is 2.04. The first-order valence-corrected chi connectivity index (χ1v) is 6.76. The number of hydrogen-bond donors (Lipinski definition) is 2. The Morgan fingerprint density at radius 3 is 2.35 bits per heavy atom. The van der Waals surface area contributed by atoms with Crippen molar-refractivity contribution in [1.29, 1.82) is 0 Å². The third-order valence-electron chi connectivity index (χ3n) is 3.82. The molecule has 2 atom stereocenters. The van der Waals surface area contributed by atoms with Gasteiger partial charge in [-0.1, -0.05) is 72.8 Å². The molecule has 3 rings (SSSR count). The van der Waals surface area contributed by atoms with Crippen molar-refractivity contribution in [2.24, 2.45) is 11.5 Å². The molecular formula is C18H18N2. The van der Waals surface area contributed by atoms with E-state index in [1.54, 1.807) is 0 Å². The Hall–Kier alpha value is -2.16. The van der Waals surface area contributed by atoms with E-state index in [0.717, 1.165) is 11.1 Å². The molecule has 20 heavy (non-hydrogen) atoms. The molecule has 0 radical (unpaired) electrons. The second kappa shape index (κ2) is 5.08. The quantitative estimate of drug-likeness (QED) is 0.874. The number of nitrogens with two attached hydrogens (primary N) is 2. The third kappa shape index (κ3) is 2.20. The van der Waals surface area contributed by atoms with Gasteiger partial charge in [0.1, 0.15) is 0 Å². The lowest BCUT2D eigenvalue weighted by molar-refractivity contribution is 0.492. The van der Waals surface area contributed by atoms with Crippen molar-refractivity contribution >= 4 is 0 Å². The molecule has 0 saturated carbocycles. The third-order valence-corrected chi connectivity index (χ3v) is 3.82. The molecule has 1 aliphatic carbocycles. The van der Waals surface area contributed by atoms with Crippen molar-refractivity contribution in [3.8, 4) is 11.1 Å². The van der Waals surface area contributed by atoms with Gasteiger partial charge in [-0.25, -0.2) is 0 Å². The van der Waals surface area contributed by atoms with E-state index in [9.17, 15) is 0 Å². The predicted molar refractivity (Wildman–Crippen MR) is 84.0 cm³/mol. The van der Waals surface area contributed by atoms with Gasteiger partial charge in [0.05, 0.1) is 5.54 Å². The fourth-order valence-electron chi connectivity index (χ4n) is 2.56. The standard InChI is InChI=1S/C18H18N2/c19-17-11-4-5-12-18(17,20)16-10-6-9-15(13-16)14-7-2-1-3-8-14/h1-13,17H,19-20H2. The van der Waals surface area contributed by atoms with E-state index in [1.165, 1.54) is 5.56 Å².